The van der Waals surface area contributed by atoms with Gasteiger partial charge < -0.3 is 20.7 Å². The largest absolute Gasteiger partial charge is 0.394 e. The first kappa shape index (κ1) is 16.4. The fraction of sp³-hybridized carbons (Fsp3) is 0.615. The number of ether oxygens (including phenoxy) is 1. The smallest absolute Gasteiger partial charge is 0.333 e. The first-order valence-electron chi connectivity index (χ1n) is 6.90. The molecule has 0 aromatic carbocycles. The highest BCUT2D eigenvalue weighted by Gasteiger charge is 2.35. The second kappa shape index (κ2) is 6.42. The van der Waals surface area contributed by atoms with Crippen molar-refractivity contribution in [3.05, 3.63) is 32.6 Å². The molecule has 2 heterocycles. The SMILES string of the molecule is Cc1cn([C@H]2C[C@H](O)[C@@H](CO)O2)c(=O)n(CCC(N)=O)c1=O. The molecule has 2 rings (SSSR count). The van der Waals surface area contributed by atoms with Crippen molar-refractivity contribution >= 4 is 5.91 Å². The molecule has 1 aromatic heterocycles. The van der Waals surface area contributed by atoms with Crippen molar-refractivity contribution in [1.29, 1.82) is 0 Å². The van der Waals surface area contributed by atoms with E-state index in [1.807, 2.05) is 0 Å². The third-order valence-electron chi connectivity index (χ3n) is 3.64. The summed E-state index contributed by atoms with van der Waals surface area (Å²) in [5.74, 6) is -0.618. The number of aliphatic hydroxyl groups excluding tert-OH is 2. The van der Waals surface area contributed by atoms with Gasteiger partial charge in [0.15, 0.2) is 0 Å². The van der Waals surface area contributed by atoms with Crippen molar-refractivity contribution in [3.8, 4) is 0 Å². The zero-order chi connectivity index (χ0) is 16.4. The van der Waals surface area contributed by atoms with Gasteiger partial charge in [0.25, 0.3) is 5.56 Å². The quantitative estimate of drug-likeness (QED) is 0.566. The van der Waals surface area contributed by atoms with Crippen LogP contribution in [-0.2, 0) is 16.1 Å². The minimum Gasteiger partial charge on any atom is -0.394 e. The Labute approximate surface area is 125 Å². The molecule has 122 valence electrons. The summed E-state index contributed by atoms with van der Waals surface area (Å²) in [4.78, 5) is 35.3. The minimum atomic E-state index is -0.895. The molecule has 1 aromatic rings. The van der Waals surface area contributed by atoms with Crippen LogP contribution in [0.3, 0.4) is 0 Å². The maximum Gasteiger partial charge on any atom is 0.333 e. The number of hydrogen-bond donors (Lipinski definition) is 3. The molecule has 1 aliphatic heterocycles. The number of aryl methyl sites for hydroxylation is 1. The van der Waals surface area contributed by atoms with Crippen molar-refractivity contribution in [1.82, 2.24) is 9.13 Å². The molecule has 0 saturated carbocycles. The molecule has 1 amide bonds. The third kappa shape index (κ3) is 3.11. The first-order valence-corrected chi connectivity index (χ1v) is 6.90. The van der Waals surface area contributed by atoms with Gasteiger partial charge in [0, 0.05) is 31.1 Å². The standard InChI is InChI=1S/C13H19N3O6/c1-7-5-16(11-4-8(18)9(6-17)22-11)13(21)15(12(7)20)3-2-10(14)19/h5,8-9,11,17-18H,2-4,6H2,1H3,(H2,14,19)/t8-,9+,11+/m0/s1. The van der Waals surface area contributed by atoms with Gasteiger partial charge in [0.05, 0.1) is 12.7 Å². The van der Waals surface area contributed by atoms with Gasteiger partial charge in [-0.3, -0.25) is 18.7 Å². The summed E-state index contributed by atoms with van der Waals surface area (Å²) >= 11 is 0. The molecule has 0 aliphatic carbocycles. The lowest BCUT2D eigenvalue weighted by Crippen LogP contribution is -2.42. The van der Waals surface area contributed by atoms with Gasteiger partial charge in [-0.05, 0) is 6.92 Å². The number of rotatable bonds is 5. The number of nitrogens with zero attached hydrogens (tertiary/aromatic N) is 2. The van der Waals surface area contributed by atoms with E-state index >= 15 is 0 Å². The number of aliphatic hydroxyl groups is 2. The van der Waals surface area contributed by atoms with E-state index in [0.717, 1.165) is 4.57 Å². The Kier molecular flexibility index (Phi) is 4.79. The molecule has 9 nitrogen and oxygen atoms in total. The Morgan fingerprint density at radius 1 is 1.50 bits per heavy atom. The Hall–Kier alpha value is -1.97. The average Bonchev–Trinajstić information content (AvgIpc) is 2.83. The van der Waals surface area contributed by atoms with Crippen LogP contribution in [0.1, 0.15) is 24.6 Å². The Bertz CT molecular complexity index is 679. The second-order valence-corrected chi connectivity index (χ2v) is 5.29. The Morgan fingerprint density at radius 2 is 2.18 bits per heavy atom. The van der Waals surface area contributed by atoms with Gasteiger partial charge in [0.2, 0.25) is 5.91 Å². The predicted molar refractivity (Wildman–Crippen MR) is 75.1 cm³/mol. The summed E-state index contributed by atoms with van der Waals surface area (Å²) in [5, 5.41) is 18.8. The zero-order valence-corrected chi connectivity index (χ0v) is 12.1. The fourth-order valence-corrected chi connectivity index (χ4v) is 2.43. The number of primary amides is 1. The lowest BCUT2D eigenvalue weighted by Gasteiger charge is -2.17. The number of carbonyl (C=O) groups is 1. The molecule has 1 fully saturated rings. The highest BCUT2D eigenvalue weighted by molar-refractivity contribution is 5.73. The van der Waals surface area contributed by atoms with Crippen molar-refractivity contribution in [2.75, 3.05) is 6.61 Å². The van der Waals surface area contributed by atoms with Crippen LogP contribution in [0.5, 0.6) is 0 Å². The lowest BCUT2D eigenvalue weighted by molar-refractivity contribution is -0.118. The molecule has 0 unspecified atom stereocenters. The number of carbonyl (C=O) groups excluding carboxylic acids is 1. The van der Waals surface area contributed by atoms with Crippen molar-refractivity contribution in [2.24, 2.45) is 5.73 Å². The lowest BCUT2D eigenvalue weighted by atomic mass is 10.2. The molecule has 22 heavy (non-hydrogen) atoms. The summed E-state index contributed by atoms with van der Waals surface area (Å²) in [5.41, 5.74) is 4.20. The summed E-state index contributed by atoms with van der Waals surface area (Å²) in [6, 6.07) is 0. The molecule has 1 aliphatic rings. The van der Waals surface area contributed by atoms with Gasteiger partial charge in [-0.25, -0.2) is 4.79 Å². The van der Waals surface area contributed by atoms with E-state index in [0.29, 0.717) is 5.56 Å². The highest BCUT2D eigenvalue weighted by Crippen LogP contribution is 2.27. The molecular weight excluding hydrogens is 294 g/mol. The van der Waals surface area contributed by atoms with E-state index in [1.54, 1.807) is 0 Å². The number of amides is 1. The van der Waals surface area contributed by atoms with Gasteiger partial charge >= 0.3 is 5.69 Å². The Balaban J connectivity index is 2.39. The fourth-order valence-electron chi connectivity index (χ4n) is 2.43. The van der Waals surface area contributed by atoms with Crippen molar-refractivity contribution in [3.63, 3.8) is 0 Å². The van der Waals surface area contributed by atoms with Gasteiger partial charge in [-0.1, -0.05) is 0 Å². The van der Waals surface area contributed by atoms with E-state index in [2.05, 4.69) is 0 Å². The molecule has 0 spiro atoms. The molecule has 1 saturated heterocycles. The molecular formula is C13H19N3O6. The van der Waals surface area contributed by atoms with Crippen LogP contribution in [0.25, 0.3) is 0 Å². The number of nitrogens with two attached hydrogens (primary N) is 1. The first-order chi connectivity index (χ1) is 10.3. The number of aromatic nitrogens is 2. The molecule has 0 radical (unpaired) electrons. The van der Waals surface area contributed by atoms with E-state index in [1.165, 1.54) is 17.7 Å². The van der Waals surface area contributed by atoms with Gasteiger partial charge in [-0.15, -0.1) is 0 Å². The molecule has 4 N–H and O–H groups in total. The highest BCUT2D eigenvalue weighted by atomic mass is 16.5. The molecule has 3 atom stereocenters. The number of hydrogen-bond acceptors (Lipinski definition) is 6. The monoisotopic (exact) mass is 313 g/mol. The van der Waals surface area contributed by atoms with Crippen LogP contribution in [0, 0.1) is 6.92 Å². The predicted octanol–water partition coefficient (Wildman–Crippen LogP) is -2.17. The Morgan fingerprint density at radius 3 is 2.73 bits per heavy atom. The topological polar surface area (TPSA) is 137 Å². The van der Waals surface area contributed by atoms with Gasteiger partial charge in [-0.2, -0.15) is 0 Å². The third-order valence-corrected chi connectivity index (χ3v) is 3.64. The zero-order valence-electron chi connectivity index (χ0n) is 12.1. The van der Waals surface area contributed by atoms with Crippen LogP contribution in [0.2, 0.25) is 0 Å². The maximum atomic E-state index is 12.4. The maximum absolute atomic E-state index is 12.4. The van der Waals surface area contributed by atoms with E-state index in [-0.39, 0.29) is 26.0 Å². The van der Waals surface area contributed by atoms with E-state index in [9.17, 15) is 19.5 Å². The minimum absolute atomic E-state index is 0.118. The average molecular weight is 313 g/mol. The van der Waals surface area contributed by atoms with Crippen LogP contribution in [0.4, 0.5) is 0 Å². The van der Waals surface area contributed by atoms with Gasteiger partial charge in [0.1, 0.15) is 12.3 Å². The summed E-state index contributed by atoms with van der Waals surface area (Å²) in [7, 11) is 0. The molecule has 0 bridgehead atoms. The van der Waals surface area contributed by atoms with E-state index in [4.69, 9.17) is 15.6 Å². The summed E-state index contributed by atoms with van der Waals surface area (Å²) in [6.45, 7) is 1.05. The van der Waals surface area contributed by atoms with E-state index < -0.39 is 35.6 Å². The van der Waals surface area contributed by atoms with Crippen LogP contribution < -0.4 is 17.0 Å². The summed E-state index contributed by atoms with van der Waals surface area (Å²) < 4.78 is 7.53. The second-order valence-electron chi connectivity index (χ2n) is 5.29. The van der Waals surface area contributed by atoms with Crippen molar-refractivity contribution < 1.29 is 19.7 Å². The van der Waals surface area contributed by atoms with Crippen LogP contribution in [0.15, 0.2) is 15.8 Å². The van der Waals surface area contributed by atoms with Crippen LogP contribution in [-0.4, -0.2) is 44.1 Å². The molecule has 9 heteroatoms. The summed E-state index contributed by atoms with van der Waals surface area (Å²) in [6.07, 6.45) is -1.11. The van der Waals surface area contributed by atoms with Crippen molar-refractivity contribution in [2.45, 2.75) is 44.7 Å². The normalized spacial score (nSPS) is 24.6. The van der Waals surface area contributed by atoms with Crippen LogP contribution >= 0.6 is 0 Å².